The molecule has 1 aliphatic rings. The molecule has 0 aromatic rings. The summed E-state index contributed by atoms with van der Waals surface area (Å²) in [6, 6.07) is 0. The number of ketones is 1. The van der Waals surface area contributed by atoms with E-state index in [0.29, 0.717) is 18.8 Å². The van der Waals surface area contributed by atoms with Crippen molar-refractivity contribution in [1.82, 2.24) is 0 Å². The molecule has 27 heavy (non-hydrogen) atoms. The number of hydrogen-bond donors (Lipinski definition) is 1. The van der Waals surface area contributed by atoms with Crippen molar-refractivity contribution in [2.45, 2.75) is 64.9 Å². The Kier molecular flexibility index (Phi) is 10.6. The van der Waals surface area contributed by atoms with E-state index in [1.807, 2.05) is 32.1 Å². The van der Waals surface area contributed by atoms with Gasteiger partial charge in [0.2, 0.25) is 0 Å². The molecule has 3 atom stereocenters. The van der Waals surface area contributed by atoms with Crippen molar-refractivity contribution in [1.29, 1.82) is 0 Å². The molecule has 0 amide bonds. The number of allylic oxidation sites excluding steroid dienone is 2. The molecule has 1 fully saturated rings. The maximum absolute atomic E-state index is 12.2. The minimum Gasteiger partial charge on any atom is -0.466 e. The molecule has 1 rings (SSSR count). The molecule has 0 radical (unpaired) electrons. The fraction of sp³-hybridized carbons (Fsp3) is 0.727. The number of carbonyl (C=O) groups is 2. The van der Waals surface area contributed by atoms with E-state index < -0.39 is 6.10 Å². The van der Waals surface area contributed by atoms with Crippen molar-refractivity contribution >= 4 is 11.8 Å². The maximum Gasteiger partial charge on any atom is 0.330 e. The maximum atomic E-state index is 12.2. The minimum atomic E-state index is -0.549. The van der Waals surface area contributed by atoms with Crippen LogP contribution in [-0.2, 0) is 19.1 Å². The van der Waals surface area contributed by atoms with Gasteiger partial charge in [0.15, 0.2) is 0 Å². The Hall–Kier alpha value is -1.46. The fourth-order valence-corrected chi connectivity index (χ4v) is 3.44. The van der Waals surface area contributed by atoms with E-state index in [2.05, 4.69) is 4.74 Å². The number of esters is 1. The second-order valence-electron chi connectivity index (χ2n) is 8.05. The summed E-state index contributed by atoms with van der Waals surface area (Å²) in [6.45, 7) is 4.67. The van der Waals surface area contributed by atoms with Crippen LogP contribution in [0.1, 0.15) is 58.8 Å². The van der Waals surface area contributed by atoms with Crippen molar-refractivity contribution in [3.63, 3.8) is 0 Å². The second kappa shape index (κ2) is 12.1. The smallest absolute Gasteiger partial charge is 0.330 e. The lowest BCUT2D eigenvalue weighted by Crippen LogP contribution is -2.29. The van der Waals surface area contributed by atoms with E-state index in [0.717, 1.165) is 38.5 Å². The van der Waals surface area contributed by atoms with Gasteiger partial charge in [0, 0.05) is 32.1 Å². The van der Waals surface area contributed by atoms with Crippen LogP contribution in [0.5, 0.6) is 0 Å². The van der Waals surface area contributed by atoms with E-state index in [1.54, 1.807) is 7.11 Å². The highest BCUT2D eigenvalue weighted by Gasteiger charge is 2.33. The molecular weight excluding hydrogens is 344 g/mol. The second-order valence-corrected chi connectivity index (χ2v) is 8.05. The van der Waals surface area contributed by atoms with Gasteiger partial charge in [-0.2, -0.15) is 0 Å². The summed E-state index contributed by atoms with van der Waals surface area (Å²) in [4.78, 5) is 23.2. The molecule has 0 bridgehead atoms. The Balaban J connectivity index is 2.47. The summed E-state index contributed by atoms with van der Waals surface area (Å²) >= 11 is 0. The third-order valence-electron chi connectivity index (χ3n) is 5.54. The average Bonchev–Trinajstić information content (AvgIpc) is 3.00. The molecule has 0 aromatic heterocycles. The highest BCUT2D eigenvalue weighted by molar-refractivity contribution is 5.83. The van der Waals surface area contributed by atoms with Gasteiger partial charge in [-0.05, 0) is 43.4 Å². The number of rotatable bonds is 12. The van der Waals surface area contributed by atoms with Gasteiger partial charge < -0.3 is 14.6 Å². The van der Waals surface area contributed by atoms with E-state index in [4.69, 9.17) is 4.74 Å². The largest absolute Gasteiger partial charge is 0.466 e. The van der Waals surface area contributed by atoms with Gasteiger partial charge in [-0.1, -0.05) is 38.5 Å². The van der Waals surface area contributed by atoms with E-state index in [9.17, 15) is 14.7 Å². The molecule has 1 saturated carbocycles. The first-order valence-corrected chi connectivity index (χ1v) is 9.94. The molecule has 154 valence electrons. The zero-order valence-corrected chi connectivity index (χ0v) is 17.3. The van der Waals surface area contributed by atoms with Crippen LogP contribution in [0, 0.1) is 17.3 Å². The molecule has 0 aliphatic heterocycles. The number of carbonyl (C=O) groups excluding carboxylic acids is 2. The molecule has 1 aliphatic carbocycles. The van der Waals surface area contributed by atoms with Crippen LogP contribution in [0.15, 0.2) is 24.3 Å². The molecule has 5 heteroatoms. The zero-order chi connectivity index (χ0) is 20.3. The predicted octanol–water partition coefficient (Wildman–Crippen LogP) is 3.85. The number of ether oxygens (including phenoxy) is 2. The van der Waals surface area contributed by atoms with Gasteiger partial charge in [0.05, 0.1) is 13.2 Å². The molecule has 0 aromatic carbocycles. The fourth-order valence-electron chi connectivity index (χ4n) is 3.44. The van der Waals surface area contributed by atoms with Gasteiger partial charge in [-0.25, -0.2) is 4.79 Å². The Morgan fingerprint density at radius 1 is 1.33 bits per heavy atom. The number of Topliss-reactive ketones (excluding diaryl/α,β-unsaturated/α-hetero) is 1. The highest BCUT2D eigenvalue weighted by atomic mass is 16.5. The molecule has 0 saturated heterocycles. The number of aliphatic hydroxyl groups excluding tert-OH is 1. The zero-order valence-electron chi connectivity index (χ0n) is 17.3. The number of methoxy groups -OCH3 is 2. The predicted molar refractivity (Wildman–Crippen MR) is 106 cm³/mol. The van der Waals surface area contributed by atoms with Crippen LogP contribution in [0.2, 0.25) is 0 Å². The van der Waals surface area contributed by atoms with Gasteiger partial charge >= 0.3 is 5.97 Å². The molecule has 1 N–H and O–H groups in total. The Morgan fingerprint density at radius 3 is 2.74 bits per heavy atom. The lowest BCUT2D eigenvalue weighted by Gasteiger charge is -2.28. The number of hydrogen-bond acceptors (Lipinski definition) is 5. The normalized spacial score (nSPS) is 22.0. The van der Waals surface area contributed by atoms with Gasteiger partial charge in [0.25, 0.3) is 0 Å². The van der Waals surface area contributed by atoms with Crippen LogP contribution in [0.4, 0.5) is 0 Å². The van der Waals surface area contributed by atoms with Crippen molar-refractivity contribution < 1.29 is 24.2 Å². The molecule has 1 unspecified atom stereocenters. The lowest BCUT2D eigenvalue weighted by molar-refractivity contribution is -0.134. The quantitative estimate of drug-likeness (QED) is 0.241. The highest BCUT2D eigenvalue weighted by Crippen LogP contribution is 2.35. The Bertz CT molecular complexity index is 521. The van der Waals surface area contributed by atoms with Gasteiger partial charge in [-0.15, -0.1) is 0 Å². The average molecular weight is 381 g/mol. The molecule has 5 nitrogen and oxygen atoms in total. The topological polar surface area (TPSA) is 72.8 Å². The Labute approximate surface area is 163 Å². The summed E-state index contributed by atoms with van der Waals surface area (Å²) in [5, 5.41) is 10.5. The SMILES string of the molecule is COCCC(C)(C)C(O)/C=C/[C@H]1CCC(=O)[C@@H]1CCCC/C=C/C(=O)OC. The first-order valence-electron chi connectivity index (χ1n) is 9.94. The lowest BCUT2D eigenvalue weighted by atomic mass is 9.82. The van der Waals surface area contributed by atoms with Crippen molar-refractivity contribution in [3.8, 4) is 0 Å². The van der Waals surface area contributed by atoms with Crippen LogP contribution < -0.4 is 0 Å². The van der Waals surface area contributed by atoms with Gasteiger partial charge in [-0.3, -0.25) is 4.79 Å². The monoisotopic (exact) mass is 380 g/mol. The van der Waals surface area contributed by atoms with Crippen molar-refractivity contribution in [3.05, 3.63) is 24.3 Å². The first-order chi connectivity index (χ1) is 12.8. The summed E-state index contributed by atoms with van der Waals surface area (Å²) < 4.78 is 9.67. The van der Waals surface area contributed by atoms with Crippen LogP contribution in [0.3, 0.4) is 0 Å². The van der Waals surface area contributed by atoms with Crippen LogP contribution in [0.25, 0.3) is 0 Å². The summed E-state index contributed by atoms with van der Waals surface area (Å²) in [7, 11) is 3.03. The Morgan fingerprint density at radius 2 is 2.07 bits per heavy atom. The summed E-state index contributed by atoms with van der Waals surface area (Å²) in [5.74, 6) is 0.275. The minimum absolute atomic E-state index is 0.0557. The third kappa shape index (κ3) is 8.39. The van der Waals surface area contributed by atoms with Crippen LogP contribution in [-0.4, -0.2) is 43.8 Å². The van der Waals surface area contributed by atoms with Gasteiger partial charge in [0.1, 0.15) is 5.78 Å². The molecule has 0 heterocycles. The molecule has 0 spiro atoms. The van der Waals surface area contributed by atoms with Crippen molar-refractivity contribution in [2.24, 2.45) is 17.3 Å². The standard InChI is InChI=1S/C22H36O5/c1-22(2,15-16-26-3)20(24)14-12-17-11-13-19(23)18(17)9-7-5-6-8-10-21(25)27-4/h8,10,12,14,17-18,20,24H,5-7,9,11,13,15-16H2,1-4H3/b10-8+,14-12+/t17-,18-,20?/m1/s1. The van der Waals surface area contributed by atoms with Crippen molar-refractivity contribution in [2.75, 3.05) is 20.8 Å². The first kappa shape index (κ1) is 23.6. The third-order valence-corrected chi connectivity index (χ3v) is 5.54. The number of aliphatic hydroxyl groups is 1. The van der Waals surface area contributed by atoms with Crippen LogP contribution >= 0.6 is 0 Å². The van der Waals surface area contributed by atoms with E-state index in [-0.39, 0.29) is 23.2 Å². The summed E-state index contributed by atoms with van der Waals surface area (Å²) in [5.41, 5.74) is -0.253. The summed E-state index contributed by atoms with van der Waals surface area (Å²) in [6.07, 6.45) is 12.5. The van der Waals surface area contributed by atoms with E-state index in [1.165, 1.54) is 13.2 Å². The molecular formula is C22H36O5. The van der Waals surface area contributed by atoms with E-state index >= 15 is 0 Å². The number of unbranched alkanes of at least 4 members (excludes halogenated alkanes) is 2.